The fourth-order valence-corrected chi connectivity index (χ4v) is 1.34. The van der Waals surface area contributed by atoms with E-state index in [-0.39, 0.29) is 6.03 Å². The van der Waals surface area contributed by atoms with Gasteiger partial charge in [-0.15, -0.1) is 0 Å². The Bertz CT molecular complexity index is 467. The topological polar surface area (TPSA) is 78.4 Å². The number of amides is 2. The second-order valence-corrected chi connectivity index (χ2v) is 3.51. The van der Waals surface area contributed by atoms with Gasteiger partial charge in [-0.1, -0.05) is 6.07 Å². The summed E-state index contributed by atoms with van der Waals surface area (Å²) in [6.07, 6.45) is 2.53. The molecule has 0 saturated carbocycles. The molecule has 0 radical (unpaired) electrons. The predicted molar refractivity (Wildman–Crippen MR) is 65.9 cm³/mol. The van der Waals surface area contributed by atoms with Crippen LogP contribution in [0.4, 0.5) is 10.5 Å². The lowest BCUT2D eigenvalue weighted by atomic mass is 10.1. The quantitative estimate of drug-likeness (QED) is 0.698. The summed E-state index contributed by atoms with van der Waals surface area (Å²) in [4.78, 5) is 21.5. The van der Waals surface area contributed by atoms with Gasteiger partial charge in [-0.2, -0.15) is 0 Å². The SMILES string of the molecule is CNC(=O)Nc1cc(C)cc(/C=C/C(=O)O)c1. The first kappa shape index (κ1) is 12.8. The standard InChI is InChI=1S/C12H14N2O3/c1-8-5-9(3-4-11(15)16)7-10(6-8)14-12(17)13-2/h3-7H,1-2H3,(H,15,16)(H2,13,14,17)/b4-3+. The molecule has 0 atom stereocenters. The Hall–Kier alpha value is -2.30. The number of nitrogens with one attached hydrogen (secondary N) is 2. The van der Waals surface area contributed by atoms with Crippen LogP contribution in [0, 0.1) is 6.92 Å². The van der Waals surface area contributed by atoms with E-state index in [1.54, 1.807) is 12.1 Å². The molecule has 0 fully saturated rings. The minimum absolute atomic E-state index is 0.316. The number of carboxylic acids is 1. The van der Waals surface area contributed by atoms with Crippen molar-refractivity contribution in [2.75, 3.05) is 12.4 Å². The minimum Gasteiger partial charge on any atom is -0.478 e. The van der Waals surface area contributed by atoms with Crippen LogP contribution in [-0.2, 0) is 4.79 Å². The first-order valence-corrected chi connectivity index (χ1v) is 5.02. The van der Waals surface area contributed by atoms with Crippen LogP contribution < -0.4 is 10.6 Å². The molecule has 0 heterocycles. The zero-order valence-corrected chi connectivity index (χ0v) is 9.65. The number of rotatable bonds is 3. The maximum atomic E-state index is 11.1. The molecule has 0 spiro atoms. The van der Waals surface area contributed by atoms with Crippen molar-refractivity contribution in [1.82, 2.24) is 5.32 Å². The van der Waals surface area contributed by atoms with Gasteiger partial charge in [0.1, 0.15) is 0 Å². The summed E-state index contributed by atoms with van der Waals surface area (Å²) >= 11 is 0. The van der Waals surface area contributed by atoms with E-state index < -0.39 is 5.97 Å². The van der Waals surface area contributed by atoms with Crippen LogP contribution >= 0.6 is 0 Å². The van der Waals surface area contributed by atoms with Crippen molar-refractivity contribution >= 4 is 23.8 Å². The van der Waals surface area contributed by atoms with E-state index in [1.807, 2.05) is 13.0 Å². The van der Waals surface area contributed by atoms with E-state index in [0.717, 1.165) is 17.2 Å². The zero-order chi connectivity index (χ0) is 12.8. The van der Waals surface area contributed by atoms with Gasteiger partial charge in [0.15, 0.2) is 0 Å². The van der Waals surface area contributed by atoms with Crippen molar-refractivity contribution in [3.8, 4) is 0 Å². The summed E-state index contributed by atoms with van der Waals surface area (Å²) in [5, 5.41) is 13.6. The summed E-state index contributed by atoms with van der Waals surface area (Å²) in [6, 6.07) is 5.01. The second-order valence-electron chi connectivity index (χ2n) is 3.51. The van der Waals surface area contributed by atoms with Crippen LogP contribution in [0.3, 0.4) is 0 Å². The summed E-state index contributed by atoms with van der Waals surface area (Å²) in [5.74, 6) is -1.01. The number of aryl methyl sites for hydroxylation is 1. The van der Waals surface area contributed by atoms with E-state index in [2.05, 4.69) is 10.6 Å². The largest absolute Gasteiger partial charge is 0.478 e. The second kappa shape index (κ2) is 5.69. The maximum Gasteiger partial charge on any atom is 0.328 e. The van der Waals surface area contributed by atoms with E-state index in [9.17, 15) is 9.59 Å². The van der Waals surface area contributed by atoms with Gasteiger partial charge in [-0.25, -0.2) is 9.59 Å². The Labute approximate surface area is 99.1 Å². The Kier molecular flexibility index (Phi) is 4.28. The Morgan fingerprint density at radius 2 is 2.00 bits per heavy atom. The van der Waals surface area contributed by atoms with Gasteiger partial charge in [-0.05, 0) is 36.3 Å². The van der Waals surface area contributed by atoms with Crippen molar-refractivity contribution in [3.63, 3.8) is 0 Å². The molecule has 2 amide bonds. The molecule has 0 aliphatic carbocycles. The minimum atomic E-state index is -1.01. The van der Waals surface area contributed by atoms with Crippen molar-refractivity contribution in [2.24, 2.45) is 0 Å². The highest BCUT2D eigenvalue weighted by atomic mass is 16.4. The molecule has 0 unspecified atom stereocenters. The van der Waals surface area contributed by atoms with Crippen LogP contribution in [0.25, 0.3) is 6.08 Å². The average molecular weight is 234 g/mol. The van der Waals surface area contributed by atoms with Gasteiger partial charge < -0.3 is 15.7 Å². The molecular weight excluding hydrogens is 220 g/mol. The lowest BCUT2D eigenvalue weighted by molar-refractivity contribution is -0.131. The van der Waals surface area contributed by atoms with E-state index in [1.165, 1.54) is 13.1 Å². The number of carbonyl (C=O) groups excluding carboxylic acids is 1. The fourth-order valence-electron chi connectivity index (χ4n) is 1.34. The van der Waals surface area contributed by atoms with Crippen LogP contribution in [0.5, 0.6) is 0 Å². The molecule has 1 rings (SSSR count). The van der Waals surface area contributed by atoms with Crippen molar-refractivity contribution < 1.29 is 14.7 Å². The van der Waals surface area contributed by atoms with Crippen LogP contribution in [0.15, 0.2) is 24.3 Å². The highest BCUT2D eigenvalue weighted by Crippen LogP contribution is 2.15. The number of hydrogen-bond acceptors (Lipinski definition) is 2. The molecule has 1 aromatic carbocycles. The molecule has 0 bridgehead atoms. The number of carboxylic acid groups (broad SMARTS) is 1. The van der Waals surface area contributed by atoms with E-state index in [4.69, 9.17) is 5.11 Å². The molecule has 0 aromatic heterocycles. The predicted octanol–water partition coefficient (Wildman–Crippen LogP) is 1.84. The summed E-state index contributed by atoms with van der Waals surface area (Å²) in [6.45, 7) is 1.87. The summed E-state index contributed by atoms with van der Waals surface area (Å²) < 4.78 is 0. The van der Waals surface area contributed by atoms with Gasteiger partial charge in [0, 0.05) is 18.8 Å². The molecular formula is C12H14N2O3. The van der Waals surface area contributed by atoms with Crippen LogP contribution in [-0.4, -0.2) is 24.2 Å². The highest BCUT2D eigenvalue weighted by Gasteiger charge is 2.00. The summed E-state index contributed by atoms with van der Waals surface area (Å²) in [5.41, 5.74) is 2.28. The number of benzene rings is 1. The maximum absolute atomic E-state index is 11.1. The molecule has 5 nitrogen and oxygen atoms in total. The highest BCUT2D eigenvalue weighted by molar-refractivity contribution is 5.90. The van der Waals surface area contributed by atoms with Crippen molar-refractivity contribution in [1.29, 1.82) is 0 Å². The zero-order valence-electron chi connectivity index (χ0n) is 9.65. The van der Waals surface area contributed by atoms with Gasteiger partial charge in [0.05, 0.1) is 0 Å². The van der Waals surface area contributed by atoms with Gasteiger partial charge >= 0.3 is 12.0 Å². The van der Waals surface area contributed by atoms with E-state index in [0.29, 0.717) is 5.69 Å². The van der Waals surface area contributed by atoms with Crippen molar-refractivity contribution in [2.45, 2.75) is 6.92 Å². The molecule has 17 heavy (non-hydrogen) atoms. The lowest BCUT2D eigenvalue weighted by Crippen LogP contribution is -2.24. The number of carbonyl (C=O) groups is 2. The Morgan fingerprint density at radius 3 is 2.59 bits per heavy atom. The molecule has 0 aliphatic rings. The fraction of sp³-hybridized carbons (Fsp3) is 0.167. The number of anilines is 1. The van der Waals surface area contributed by atoms with Gasteiger partial charge in [-0.3, -0.25) is 0 Å². The Morgan fingerprint density at radius 1 is 1.29 bits per heavy atom. The number of urea groups is 1. The van der Waals surface area contributed by atoms with Gasteiger partial charge in [0.2, 0.25) is 0 Å². The Balaban J connectivity index is 2.94. The smallest absolute Gasteiger partial charge is 0.328 e. The molecule has 3 N–H and O–H groups in total. The van der Waals surface area contributed by atoms with Gasteiger partial charge in [0.25, 0.3) is 0 Å². The molecule has 90 valence electrons. The van der Waals surface area contributed by atoms with Crippen LogP contribution in [0.2, 0.25) is 0 Å². The molecule has 0 saturated heterocycles. The third kappa shape index (κ3) is 4.38. The van der Waals surface area contributed by atoms with Crippen LogP contribution in [0.1, 0.15) is 11.1 Å². The van der Waals surface area contributed by atoms with Crippen molar-refractivity contribution in [3.05, 3.63) is 35.4 Å². The molecule has 1 aromatic rings. The third-order valence-corrected chi connectivity index (χ3v) is 2.00. The first-order chi connectivity index (χ1) is 8.01. The monoisotopic (exact) mass is 234 g/mol. The normalized spacial score (nSPS) is 10.2. The number of hydrogen-bond donors (Lipinski definition) is 3. The number of aliphatic carboxylic acids is 1. The molecule has 5 heteroatoms. The average Bonchev–Trinajstić information content (AvgIpc) is 2.25. The third-order valence-electron chi connectivity index (χ3n) is 2.00. The first-order valence-electron chi connectivity index (χ1n) is 5.02. The summed E-state index contributed by atoms with van der Waals surface area (Å²) in [7, 11) is 1.52. The van der Waals surface area contributed by atoms with E-state index >= 15 is 0 Å². The lowest BCUT2D eigenvalue weighted by Gasteiger charge is -2.06. The molecule has 0 aliphatic heterocycles.